The van der Waals surface area contributed by atoms with Gasteiger partial charge < -0.3 is 5.32 Å². The molecule has 0 fully saturated rings. The van der Waals surface area contributed by atoms with E-state index in [2.05, 4.69) is 39.6 Å². The second-order valence-corrected chi connectivity index (χ2v) is 8.47. The highest BCUT2D eigenvalue weighted by atomic mass is 79.9. The number of hydrogen-bond acceptors (Lipinski definition) is 3. The molecule has 5 heteroatoms. The van der Waals surface area contributed by atoms with Gasteiger partial charge in [-0.3, -0.25) is 0 Å². The molecular weight excluding hydrogens is 357 g/mol. The summed E-state index contributed by atoms with van der Waals surface area (Å²) in [4.78, 5) is 0. The molecule has 0 spiro atoms. The summed E-state index contributed by atoms with van der Waals surface area (Å²) in [6.07, 6.45) is 1.11. The largest absolute Gasteiger partial charge is 0.306 e. The topological polar surface area (TPSA) is 12.0 Å². The van der Waals surface area contributed by atoms with Crippen molar-refractivity contribution in [3.8, 4) is 0 Å². The molecule has 20 heavy (non-hydrogen) atoms. The monoisotopic (exact) mass is 371 g/mol. The smallest absolute Gasteiger partial charge is 0.123 e. The van der Waals surface area contributed by atoms with Crippen molar-refractivity contribution < 1.29 is 4.39 Å². The van der Waals surface area contributed by atoms with Gasteiger partial charge in [0, 0.05) is 22.3 Å². The Labute approximate surface area is 135 Å². The van der Waals surface area contributed by atoms with E-state index in [0.29, 0.717) is 17.8 Å². The van der Waals surface area contributed by atoms with Crippen molar-refractivity contribution in [2.75, 3.05) is 0 Å². The SMILES string of the molecule is C[C@H]1CC(NCc2cc(F)ccc2Br)c2ccsc2S1. The molecule has 1 aliphatic rings. The highest BCUT2D eigenvalue weighted by Gasteiger charge is 2.25. The Bertz CT molecular complexity index is 614. The Morgan fingerprint density at radius 2 is 2.25 bits per heavy atom. The molecule has 3 rings (SSSR count). The van der Waals surface area contributed by atoms with Crippen molar-refractivity contribution in [3.63, 3.8) is 0 Å². The van der Waals surface area contributed by atoms with Crippen LogP contribution in [-0.2, 0) is 6.54 Å². The van der Waals surface area contributed by atoms with Crippen LogP contribution in [-0.4, -0.2) is 5.25 Å². The molecule has 1 nitrogen and oxygen atoms in total. The van der Waals surface area contributed by atoms with Crippen molar-refractivity contribution in [3.05, 3.63) is 51.1 Å². The summed E-state index contributed by atoms with van der Waals surface area (Å²) in [5.74, 6) is -0.186. The van der Waals surface area contributed by atoms with Crippen LogP contribution in [0.3, 0.4) is 0 Å². The normalized spacial score (nSPS) is 21.8. The van der Waals surface area contributed by atoms with Crippen molar-refractivity contribution in [1.82, 2.24) is 5.32 Å². The summed E-state index contributed by atoms with van der Waals surface area (Å²) < 4.78 is 15.7. The minimum atomic E-state index is -0.186. The summed E-state index contributed by atoms with van der Waals surface area (Å²) in [5.41, 5.74) is 2.36. The number of thioether (sulfide) groups is 1. The van der Waals surface area contributed by atoms with Crippen LogP contribution in [0.2, 0.25) is 0 Å². The molecule has 1 aliphatic heterocycles. The lowest BCUT2D eigenvalue weighted by molar-refractivity contribution is 0.486. The fraction of sp³-hybridized carbons (Fsp3) is 0.333. The molecule has 0 saturated heterocycles. The predicted octanol–water partition coefficient (Wildman–Crippen LogP) is 5.36. The van der Waals surface area contributed by atoms with Crippen LogP contribution in [0.25, 0.3) is 0 Å². The molecule has 2 heterocycles. The van der Waals surface area contributed by atoms with Gasteiger partial charge in [-0.15, -0.1) is 23.1 Å². The standard InChI is InChI=1S/C15H15BrFNS2/c1-9-6-14(12-4-5-19-15(12)20-9)18-8-10-7-11(17)2-3-13(10)16/h2-5,7,9,14,18H,6,8H2,1H3/t9-,14?/m0/s1. The Kier molecular flexibility index (Phi) is 4.50. The van der Waals surface area contributed by atoms with Gasteiger partial charge >= 0.3 is 0 Å². The first kappa shape index (κ1) is 14.6. The maximum atomic E-state index is 13.3. The van der Waals surface area contributed by atoms with Crippen LogP contribution in [0.15, 0.2) is 38.3 Å². The number of thiophene rings is 1. The zero-order valence-electron chi connectivity index (χ0n) is 11.0. The van der Waals surface area contributed by atoms with Gasteiger partial charge in [0.2, 0.25) is 0 Å². The van der Waals surface area contributed by atoms with E-state index in [1.807, 2.05) is 23.1 Å². The summed E-state index contributed by atoms with van der Waals surface area (Å²) in [6, 6.07) is 7.40. The Morgan fingerprint density at radius 3 is 3.10 bits per heavy atom. The van der Waals surface area contributed by atoms with Gasteiger partial charge in [-0.05, 0) is 47.2 Å². The maximum absolute atomic E-state index is 13.3. The van der Waals surface area contributed by atoms with E-state index >= 15 is 0 Å². The average Bonchev–Trinajstić information content (AvgIpc) is 2.87. The van der Waals surface area contributed by atoms with Gasteiger partial charge in [0.05, 0.1) is 4.21 Å². The van der Waals surface area contributed by atoms with Crippen LogP contribution >= 0.6 is 39.0 Å². The van der Waals surface area contributed by atoms with E-state index in [1.165, 1.54) is 15.8 Å². The number of fused-ring (bicyclic) bond motifs is 1. The molecule has 0 saturated carbocycles. The summed E-state index contributed by atoms with van der Waals surface area (Å²) in [5, 5.41) is 6.35. The quantitative estimate of drug-likeness (QED) is 0.778. The molecule has 0 aliphatic carbocycles. The first-order chi connectivity index (χ1) is 9.63. The van der Waals surface area contributed by atoms with Crippen LogP contribution < -0.4 is 5.32 Å². The van der Waals surface area contributed by atoms with Gasteiger partial charge in [-0.25, -0.2) is 4.39 Å². The van der Waals surface area contributed by atoms with Gasteiger partial charge in [0.25, 0.3) is 0 Å². The molecule has 1 aromatic carbocycles. The molecule has 1 unspecified atom stereocenters. The van der Waals surface area contributed by atoms with E-state index in [9.17, 15) is 4.39 Å². The molecule has 0 amide bonds. The number of nitrogens with one attached hydrogen (secondary N) is 1. The molecule has 1 aromatic heterocycles. The first-order valence-electron chi connectivity index (χ1n) is 6.55. The van der Waals surface area contributed by atoms with E-state index in [-0.39, 0.29) is 5.82 Å². The van der Waals surface area contributed by atoms with E-state index < -0.39 is 0 Å². The fourth-order valence-electron chi connectivity index (χ4n) is 2.45. The third-order valence-electron chi connectivity index (χ3n) is 3.46. The van der Waals surface area contributed by atoms with Gasteiger partial charge in [-0.1, -0.05) is 22.9 Å². The van der Waals surface area contributed by atoms with E-state index in [1.54, 1.807) is 12.1 Å². The zero-order valence-corrected chi connectivity index (χ0v) is 14.2. The molecule has 1 N–H and O–H groups in total. The van der Waals surface area contributed by atoms with Gasteiger partial charge in [0.1, 0.15) is 5.82 Å². The van der Waals surface area contributed by atoms with Gasteiger partial charge in [0.15, 0.2) is 0 Å². The second kappa shape index (κ2) is 6.18. The number of hydrogen-bond donors (Lipinski definition) is 1. The van der Waals surface area contributed by atoms with Crippen molar-refractivity contribution >= 4 is 39.0 Å². The molecule has 0 bridgehead atoms. The Morgan fingerprint density at radius 1 is 1.40 bits per heavy atom. The number of benzene rings is 1. The highest BCUT2D eigenvalue weighted by Crippen LogP contribution is 2.43. The van der Waals surface area contributed by atoms with Crippen molar-refractivity contribution in [2.45, 2.75) is 35.4 Å². The summed E-state index contributed by atoms with van der Waals surface area (Å²) in [7, 11) is 0. The third kappa shape index (κ3) is 3.11. The van der Waals surface area contributed by atoms with Crippen LogP contribution in [0, 0.1) is 5.82 Å². The minimum Gasteiger partial charge on any atom is -0.306 e. The fourth-order valence-corrected chi connectivity index (χ4v) is 5.41. The molecule has 2 atom stereocenters. The van der Waals surface area contributed by atoms with E-state index in [0.717, 1.165) is 16.5 Å². The number of halogens is 2. The minimum absolute atomic E-state index is 0.186. The lowest BCUT2D eigenvalue weighted by Gasteiger charge is -2.27. The summed E-state index contributed by atoms with van der Waals surface area (Å²) in [6.45, 7) is 2.94. The zero-order chi connectivity index (χ0) is 14.1. The van der Waals surface area contributed by atoms with Crippen LogP contribution in [0.1, 0.15) is 30.5 Å². The lowest BCUT2D eigenvalue weighted by Crippen LogP contribution is -2.26. The van der Waals surface area contributed by atoms with E-state index in [4.69, 9.17) is 0 Å². The summed E-state index contributed by atoms with van der Waals surface area (Å²) >= 11 is 7.26. The first-order valence-corrected chi connectivity index (χ1v) is 9.10. The average molecular weight is 372 g/mol. The Balaban J connectivity index is 1.74. The maximum Gasteiger partial charge on any atom is 0.123 e. The molecule has 0 radical (unpaired) electrons. The molecule has 106 valence electrons. The van der Waals surface area contributed by atoms with Gasteiger partial charge in [-0.2, -0.15) is 0 Å². The predicted molar refractivity (Wildman–Crippen MR) is 87.9 cm³/mol. The van der Waals surface area contributed by atoms with Crippen LogP contribution in [0.5, 0.6) is 0 Å². The van der Waals surface area contributed by atoms with Crippen molar-refractivity contribution in [1.29, 1.82) is 0 Å². The van der Waals surface area contributed by atoms with Crippen LogP contribution in [0.4, 0.5) is 4.39 Å². The third-order valence-corrected chi connectivity index (χ3v) is 6.57. The van der Waals surface area contributed by atoms with Crippen molar-refractivity contribution in [2.24, 2.45) is 0 Å². The lowest BCUT2D eigenvalue weighted by atomic mass is 10.0. The molecule has 2 aromatic rings. The number of rotatable bonds is 3. The molecular formula is C15H15BrFNS2. The highest BCUT2D eigenvalue weighted by molar-refractivity contribution is 9.10. The Hall–Kier alpha value is -0.360. The second-order valence-electron chi connectivity index (χ2n) is 5.00.